The molecule has 10 aromatic rings. The molecule has 528 valence electrons. The lowest BCUT2D eigenvalue weighted by molar-refractivity contribution is -0.147. The Morgan fingerprint density at radius 2 is 0.567 bits per heavy atom. The van der Waals surface area contributed by atoms with Gasteiger partial charge in [-0.1, -0.05) is 171 Å². The van der Waals surface area contributed by atoms with Crippen molar-refractivity contribution in [2.45, 2.75) is 19.1 Å². The van der Waals surface area contributed by atoms with E-state index in [-0.39, 0.29) is 154 Å². The van der Waals surface area contributed by atoms with E-state index < -0.39 is 30.1 Å². The lowest BCUT2D eigenvalue weighted by Gasteiger charge is -2.20. The summed E-state index contributed by atoms with van der Waals surface area (Å²) in [6.45, 7) is 11.3. The SMILES string of the molecule is C=C(C)C(=O)OC(COc1ccc(C(=O)c2ccccc2)c(O)c1)COc1ccc(C(=O)c2ccccc2)c(O)c1.C=CC(=O)OC(COc1ccc(C(=O)c2ccccc2)c(O)c1)COc1ccc(C(=O)c2ccccc2)c(O)c1.C=CC(=O)OCCOc1ccc(C(=O)c2ccccc2)c(O)c1. The molecule has 0 fully saturated rings. The number of hydrogen-bond donors (Lipinski definition) is 5. The summed E-state index contributed by atoms with van der Waals surface area (Å²) < 4.78 is 43.7. The Kier molecular flexibility index (Phi) is 27.7. The summed E-state index contributed by atoms with van der Waals surface area (Å²) in [6.07, 6.45) is 0.264. The smallest absolute Gasteiger partial charge is 0.333 e. The molecule has 10 rings (SSSR count). The number of rotatable bonds is 31. The maximum absolute atomic E-state index is 12.7. The molecule has 0 spiro atoms. The molecule has 21 heteroatoms. The maximum Gasteiger partial charge on any atom is 0.333 e. The third-order valence-corrected chi connectivity index (χ3v) is 14.8. The molecule has 0 bridgehead atoms. The number of carbonyl (C=O) groups excluding carboxylic acids is 8. The van der Waals surface area contributed by atoms with E-state index >= 15 is 0 Å². The third kappa shape index (κ3) is 22.1. The lowest BCUT2D eigenvalue weighted by Crippen LogP contribution is -2.31. The van der Waals surface area contributed by atoms with Gasteiger partial charge in [-0.3, -0.25) is 24.0 Å². The molecule has 0 saturated heterocycles. The van der Waals surface area contributed by atoms with Crippen molar-refractivity contribution >= 4 is 46.8 Å². The summed E-state index contributed by atoms with van der Waals surface area (Å²) in [5.74, 6) is -3.37. The Bertz CT molecular complexity index is 4480. The Labute approximate surface area is 597 Å². The van der Waals surface area contributed by atoms with Crippen LogP contribution < -0.4 is 23.7 Å². The van der Waals surface area contributed by atoms with Gasteiger partial charge in [-0.25, -0.2) is 14.4 Å². The molecular formula is C83H70O21. The van der Waals surface area contributed by atoms with Crippen molar-refractivity contribution in [2.24, 2.45) is 0 Å². The molecule has 21 nitrogen and oxygen atoms in total. The zero-order chi connectivity index (χ0) is 74.5. The summed E-state index contributed by atoms with van der Waals surface area (Å²) in [5, 5.41) is 51.7. The first-order chi connectivity index (χ1) is 50.2. The molecule has 0 radical (unpaired) electrons. The molecule has 0 aliphatic carbocycles. The fourth-order valence-corrected chi connectivity index (χ4v) is 9.51. The van der Waals surface area contributed by atoms with E-state index in [4.69, 9.17) is 37.9 Å². The summed E-state index contributed by atoms with van der Waals surface area (Å²) in [6, 6.07) is 64.4. The fraction of sp³-hybridized carbons (Fsp3) is 0.108. The van der Waals surface area contributed by atoms with Gasteiger partial charge in [-0.15, -0.1) is 0 Å². The predicted octanol–water partition coefficient (Wildman–Crippen LogP) is 13.4. The Hall–Kier alpha value is -13.8. The lowest BCUT2D eigenvalue weighted by atomic mass is 10.0. The standard InChI is InChI=1S/C33H28O8.C32H26O8.C18H16O5/c1-21(2)33(38)41-26(19-39-24-13-15-27(29(34)17-24)31(36)22-9-5-3-6-10-22)20-40-25-14-16-28(30(35)18-25)32(37)23-11-7-4-8-12-23;1-2-30(35)40-25(19-38-23-13-15-26(28(33)17-23)31(36)21-9-5-3-6-10-21)20-39-24-14-16-27(29(34)18-24)32(37)22-11-7-4-8-12-22;1-2-17(20)23-11-10-22-14-8-9-15(16(19)12-14)18(21)13-6-4-3-5-7-13/h3-18,26,34-35H,1,19-20H2,2H3;2-18,25,33-34H,1,19-20H2;2-9,12,19H,1,10-11H2. The van der Waals surface area contributed by atoms with Crippen molar-refractivity contribution in [2.75, 3.05) is 39.6 Å². The van der Waals surface area contributed by atoms with Gasteiger partial charge in [-0.2, -0.15) is 0 Å². The first-order valence-electron chi connectivity index (χ1n) is 32.0. The van der Waals surface area contributed by atoms with Crippen LogP contribution >= 0.6 is 0 Å². The van der Waals surface area contributed by atoms with Crippen LogP contribution in [0.25, 0.3) is 0 Å². The van der Waals surface area contributed by atoms with Crippen LogP contribution in [0.4, 0.5) is 0 Å². The monoisotopic (exact) mass is 1400 g/mol. The number of aromatic hydroxyl groups is 5. The molecule has 0 aliphatic rings. The Morgan fingerprint density at radius 3 is 0.798 bits per heavy atom. The van der Waals surface area contributed by atoms with Crippen LogP contribution in [0.1, 0.15) is 86.5 Å². The van der Waals surface area contributed by atoms with Gasteiger partial charge in [0.25, 0.3) is 0 Å². The number of ether oxygens (including phenoxy) is 8. The predicted molar refractivity (Wildman–Crippen MR) is 383 cm³/mol. The van der Waals surface area contributed by atoms with Gasteiger partial charge in [0.05, 0.1) is 27.8 Å². The Morgan fingerprint density at radius 1 is 0.327 bits per heavy atom. The van der Waals surface area contributed by atoms with E-state index in [2.05, 4.69) is 19.7 Å². The molecule has 0 aliphatic heterocycles. The summed E-state index contributed by atoms with van der Waals surface area (Å²) in [4.78, 5) is 97.9. The van der Waals surface area contributed by atoms with Gasteiger partial charge in [0.15, 0.2) is 41.1 Å². The van der Waals surface area contributed by atoms with Gasteiger partial charge in [0, 0.05) is 75.9 Å². The third-order valence-electron chi connectivity index (χ3n) is 14.8. The van der Waals surface area contributed by atoms with Crippen LogP contribution in [0.15, 0.2) is 280 Å². The summed E-state index contributed by atoms with van der Waals surface area (Å²) >= 11 is 0. The highest BCUT2D eigenvalue weighted by Crippen LogP contribution is 2.32. The van der Waals surface area contributed by atoms with E-state index in [1.54, 1.807) is 152 Å². The van der Waals surface area contributed by atoms with Crippen molar-refractivity contribution in [3.8, 4) is 57.5 Å². The highest BCUT2D eigenvalue weighted by Gasteiger charge is 2.23. The molecule has 5 N–H and O–H groups in total. The maximum atomic E-state index is 12.7. The quantitative estimate of drug-likeness (QED) is 0.00886. The first kappa shape index (κ1) is 75.9. The van der Waals surface area contributed by atoms with Crippen molar-refractivity contribution in [3.63, 3.8) is 0 Å². The molecule has 10 aromatic carbocycles. The number of ketones is 5. The summed E-state index contributed by atoms with van der Waals surface area (Å²) in [5.41, 5.74) is 3.07. The Balaban J connectivity index is 0.000000206. The number of phenolic OH excluding ortho intramolecular Hbond substituents is 5. The minimum absolute atomic E-state index is 0.0658. The van der Waals surface area contributed by atoms with Crippen LogP contribution in [0, 0.1) is 0 Å². The van der Waals surface area contributed by atoms with Crippen LogP contribution in [0.5, 0.6) is 57.5 Å². The van der Waals surface area contributed by atoms with Gasteiger partial charge >= 0.3 is 17.9 Å². The normalized spacial score (nSPS) is 10.4. The molecule has 0 heterocycles. The van der Waals surface area contributed by atoms with Crippen LogP contribution in [0.2, 0.25) is 0 Å². The van der Waals surface area contributed by atoms with Crippen LogP contribution in [0.3, 0.4) is 0 Å². The minimum atomic E-state index is -0.903. The van der Waals surface area contributed by atoms with E-state index in [9.17, 15) is 63.9 Å². The number of benzene rings is 10. The first-order valence-corrected chi connectivity index (χ1v) is 32.0. The number of carbonyl (C=O) groups is 8. The van der Waals surface area contributed by atoms with Crippen molar-refractivity contribution in [1.82, 2.24) is 0 Å². The molecule has 0 aromatic heterocycles. The zero-order valence-electron chi connectivity index (χ0n) is 56.0. The van der Waals surface area contributed by atoms with E-state index in [1.165, 1.54) is 91.9 Å². The van der Waals surface area contributed by atoms with Crippen LogP contribution in [-0.4, -0.2) is 124 Å². The van der Waals surface area contributed by atoms with Crippen molar-refractivity contribution in [3.05, 3.63) is 336 Å². The fourth-order valence-electron chi connectivity index (χ4n) is 9.51. The molecule has 0 amide bonds. The number of esters is 3. The second kappa shape index (κ2) is 37.9. The highest BCUT2D eigenvalue weighted by atomic mass is 16.6. The van der Waals surface area contributed by atoms with Crippen molar-refractivity contribution in [1.29, 1.82) is 0 Å². The highest BCUT2D eigenvalue weighted by molar-refractivity contribution is 6.13. The van der Waals surface area contributed by atoms with Gasteiger partial charge in [-0.05, 0) is 67.6 Å². The van der Waals surface area contributed by atoms with E-state index in [0.717, 1.165) is 12.2 Å². The topological polar surface area (TPSA) is 312 Å². The van der Waals surface area contributed by atoms with E-state index in [0.29, 0.717) is 33.6 Å². The van der Waals surface area contributed by atoms with Gasteiger partial charge in [0.2, 0.25) is 0 Å². The van der Waals surface area contributed by atoms with Crippen molar-refractivity contribution < 1.29 is 102 Å². The molecule has 0 saturated carbocycles. The largest absolute Gasteiger partial charge is 0.507 e. The number of hydrogen-bond acceptors (Lipinski definition) is 21. The molecule has 104 heavy (non-hydrogen) atoms. The number of phenols is 5. The average molecular weight is 1400 g/mol. The second-order valence-corrected chi connectivity index (χ2v) is 22.4. The van der Waals surface area contributed by atoms with Crippen LogP contribution in [-0.2, 0) is 28.6 Å². The molecule has 0 unspecified atom stereocenters. The summed E-state index contributed by atoms with van der Waals surface area (Å²) in [7, 11) is 0. The average Bonchev–Trinajstić information content (AvgIpc) is 0.855. The molecular weight excluding hydrogens is 1330 g/mol. The second-order valence-electron chi connectivity index (χ2n) is 22.4. The van der Waals surface area contributed by atoms with Gasteiger partial charge < -0.3 is 63.4 Å². The van der Waals surface area contributed by atoms with Gasteiger partial charge in [0.1, 0.15) is 97.1 Å². The zero-order valence-corrected chi connectivity index (χ0v) is 56.0. The minimum Gasteiger partial charge on any atom is -0.507 e. The van der Waals surface area contributed by atoms with E-state index in [1.807, 2.05) is 6.07 Å². The molecule has 0 atom stereocenters.